The standard InChI is InChI=1S/2C28H28FNO4/c2*1-16(28(31)32)27(19-7-8-19)20-9-10-21-15-34-25(12-22(21)11-20)18-5-3-17(4-6-18)23-13-26(33-2)30-14-24(23)29/h2*3-6,9-11,13-14,16,19,25,27H,7-8,12,15H2,1-2H3,(H,31,32)/t16-,25+,27-;16-,25-,27-/m00/s1. The van der Waals surface area contributed by atoms with Crippen LogP contribution in [0.2, 0.25) is 0 Å². The summed E-state index contributed by atoms with van der Waals surface area (Å²) in [6, 6.07) is 31.4. The number of aromatic nitrogens is 2. The van der Waals surface area contributed by atoms with Crippen LogP contribution in [0.4, 0.5) is 8.78 Å². The number of carbonyl (C=O) groups is 2. The summed E-state index contributed by atoms with van der Waals surface area (Å²) in [5, 5.41) is 19.2. The molecule has 0 unspecified atom stereocenters. The average Bonchev–Trinajstić information content (AvgIpc) is 4.32. The van der Waals surface area contributed by atoms with Crippen molar-refractivity contribution in [1.29, 1.82) is 0 Å². The third-order valence-corrected chi connectivity index (χ3v) is 14.3. The summed E-state index contributed by atoms with van der Waals surface area (Å²) in [5.74, 6) is -1.32. The molecule has 2 aromatic heterocycles. The molecule has 10 nitrogen and oxygen atoms in total. The Balaban J connectivity index is 0.000000170. The fraction of sp³-hybridized carbons (Fsp3) is 0.357. The maximum absolute atomic E-state index is 14.3. The first-order chi connectivity index (χ1) is 32.9. The molecule has 2 aliphatic heterocycles. The molecule has 4 aromatic carbocycles. The van der Waals surface area contributed by atoms with Gasteiger partial charge in [-0.25, -0.2) is 18.7 Å². The van der Waals surface area contributed by atoms with Crippen molar-refractivity contribution in [3.8, 4) is 34.0 Å². The van der Waals surface area contributed by atoms with Gasteiger partial charge in [-0.1, -0.05) is 98.8 Å². The fourth-order valence-electron chi connectivity index (χ4n) is 10.1. The Morgan fingerprint density at radius 1 is 0.574 bits per heavy atom. The van der Waals surface area contributed by atoms with Crippen LogP contribution in [0, 0.1) is 35.3 Å². The molecule has 4 aliphatic rings. The SMILES string of the molecule is COc1cc(-c2ccc([C@@H]3Cc4cc([C@H](C5CC5)[C@H](C)C(=O)O)ccc4CO3)cc2)c(F)cn1.COc1cc(-c2ccc([C@H]3Cc4cc([C@H](C5CC5)[C@H](C)C(=O)O)ccc4CO3)cc2)c(F)cn1. The quantitative estimate of drug-likeness (QED) is 0.109. The Hall–Kier alpha value is -6.50. The Labute approximate surface area is 395 Å². The summed E-state index contributed by atoms with van der Waals surface area (Å²) in [7, 11) is 3.01. The number of halogens is 2. The average molecular weight is 923 g/mol. The first-order valence-electron chi connectivity index (χ1n) is 23.4. The zero-order valence-corrected chi connectivity index (χ0v) is 38.7. The first kappa shape index (κ1) is 46.6. The molecule has 2 fully saturated rings. The van der Waals surface area contributed by atoms with Gasteiger partial charge in [-0.2, -0.15) is 0 Å². The van der Waals surface area contributed by atoms with Crippen LogP contribution in [-0.2, 0) is 45.1 Å². The van der Waals surface area contributed by atoms with E-state index >= 15 is 0 Å². The van der Waals surface area contributed by atoms with Crippen LogP contribution < -0.4 is 9.47 Å². The van der Waals surface area contributed by atoms with Crippen LogP contribution in [0.5, 0.6) is 11.8 Å². The molecule has 2 N–H and O–H groups in total. The number of aliphatic carboxylic acids is 2. The molecule has 0 spiro atoms. The predicted octanol–water partition coefficient (Wildman–Crippen LogP) is 11.8. The number of fused-ring (bicyclic) bond motifs is 2. The lowest BCUT2D eigenvalue weighted by Gasteiger charge is -2.28. The Morgan fingerprint density at radius 3 is 1.29 bits per heavy atom. The molecular formula is C56H56F2N2O8. The molecule has 10 rings (SSSR count). The van der Waals surface area contributed by atoms with Crippen molar-refractivity contribution >= 4 is 11.9 Å². The number of pyridine rings is 2. The van der Waals surface area contributed by atoms with Crippen molar-refractivity contribution in [2.45, 2.75) is 89.6 Å². The number of nitrogens with zero attached hydrogens (tertiary/aromatic N) is 2. The number of rotatable bonds is 14. The van der Waals surface area contributed by atoms with E-state index in [0.717, 1.165) is 83.0 Å². The second-order valence-corrected chi connectivity index (χ2v) is 18.7. The molecule has 6 aromatic rings. The largest absolute Gasteiger partial charge is 0.481 e. The van der Waals surface area contributed by atoms with Crippen LogP contribution in [0.3, 0.4) is 0 Å². The van der Waals surface area contributed by atoms with Gasteiger partial charge in [0.15, 0.2) is 0 Å². The van der Waals surface area contributed by atoms with E-state index in [-0.39, 0.29) is 24.0 Å². The number of benzene rings is 4. The van der Waals surface area contributed by atoms with Crippen molar-refractivity contribution in [2.75, 3.05) is 14.2 Å². The van der Waals surface area contributed by atoms with Crippen molar-refractivity contribution in [3.05, 3.63) is 166 Å². The molecule has 68 heavy (non-hydrogen) atoms. The molecule has 6 atom stereocenters. The van der Waals surface area contributed by atoms with Gasteiger partial charge in [-0.3, -0.25) is 9.59 Å². The highest BCUT2D eigenvalue weighted by atomic mass is 19.1. The number of carboxylic acid groups (broad SMARTS) is 2. The van der Waals surface area contributed by atoms with Gasteiger partial charge in [0.05, 0.1) is 63.9 Å². The molecule has 2 saturated carbocycles. The molecule has 0 bridgehead atoms. The Bertz CT molecular complexity index is 2600. The molecule has 0 radical (unpaired) electrons. The van der Waals surface area contributed by atoms with E-state index in [2.05, 4.69) is 46.4 Å². The van der Waals surface area contributed by atoms with Crippen molar-refractivity contribution in [1.82, 2.24) is 9.97 Å². The number of hydrogen-bond donors (Lipinski definition) is 2. The molecule has 2 aliphatic carbocycles. The van der Waals surface area contributed by atoms with E-state index in [0.29, 0.717) is 47.9 Å². The topological polar surface area (TPSA) is 137 Å². The molecule has 352 valence electrons. The van der Waals surface area contributed by atoms with Gasteiger partial charge in [-0.05, 0) is 105 Å². The highest BCUT2D eigenvalue weighted by molar-refractivity contribution is 5.72. The van der Waals surface area contributed by atoms with Crippen molar-refractivity contribution < 1.29 is 47.5 Å². The second-order valence-electron chi connectivity index (χ2n) is 18.7. The lowest BCUT2D eigenvalue weighted by atomic mass is 9.81. The summed E-state index contributed by atoms with van der Waals surface area (Å²) in [4.78, 5) is 31.2. The van der Waals surface area contributed by atoms with Gasteiger partial charge in [0.25, 0.3) is 0 Å². The number of hydrogen-bond acceptors (Lipinski definition) is 8. The van der Waals surface area contributed by atoms with E-state index in [4.69, 9.17) is 18.9 Å². The van der Waals surface area contributed by atoms with E-state index in [1.54, 1.807) is 12.1 Å². The van der Waals surface area contributed by atoms with Crippen LogP contribution in [-0.4, -0.2) is 46.3 Å². The van der Waals surface area contributed by atoms with Crippen LogP contribution in [0.25, 0.3) is 22.3 Å². The maximum Gasteiger partial charge on any atom is 0.306 e. The highest BCUT2D eigenvalue weighted by Crippen LogP contribution is 2.49. The number of ether oxygens (including phenoxy) is 4. The van der Waals surface area contributed by atoms with Gasteiger partial charge >= 0.3 is 11.9 Å². The van der Waals surface area contributed by atoms with E-state index in [1.807, 2.05) is 62.4 Å². The molecule has 0 amide bonds. The van der Waals surface area contributed by atoms with Crippen molar-refractivity contribution in [3.63, 3.8) is 0 Å². The molecule has 12 heteroatoms. The zero-order valence-electron chi connectivity index (χ0n) is 38.7. The highest BCUT2D eigenvalue weighted by Gasteiger charge is 2.40. The predicted molar refractivity (Wildman–Crippen MR) is 252 cm³/mol. The lowest BCUT2D eigenvalue weighted by Crippen LogP contribution is -2.22. The number of methoxy groups -OCH3 is 2. The minimum Gasteiger partial charge on any atom is -0.481 e. The van der Waals surface area contributed by atoms with Gasteiger partial charge in [-0.15, -0.1) is 0 Å². The smallest absolute Gasteiger partial charge is 0.306 e. The minimum absolute atomic E-state index is 0.0515. The Morgan fingerprint density at radius 2 is 0.956 bits per heavy atom. The Kier molecular flexibility index (Phi) is 13.7. The van der Waals surface area contributed by atoms with E-state index in [9.17, 15) is 28.6 Å². The summed E-state index contributed by atoms with van der Waals surface area (Å²) in [6.07, 6.45) is 7.96. The summed E-state index contributed by atoms with van der Waals surface area (Å²) < 4.78 is 51.1. The van der Waals surface area contributed by atoms with Gasteiger partial charge in [0.2, 0.25) is 11.8 Å². The first-order valence-corrected chi connectivity index (χ1v) is 23.4. The minimum atomic E-state index is -0.737. The summed E-state index contributed by atoms with van der Waals surface area (Å²) in [6.45, 7) is 4.67. The van der Waals surface area contributed by atoms with Crippen LogP contribution in [0.1, 0.15) is 108 Å². The number of carboxylic acids is 2. The molecular weight excluding hydrogens is 867 g/mol. The fourth-order valence-corrected chi connectivity index (χ4v) is 10.1. The zero-order chi connectivity index (χ0) is 47.6. The van der Waals surface area contributed by atoms with Crippen LogP contribution >= 0.6 is 0 Å². The van der Waals surface area contributed by atoms with Gasteiger partial charge in [0.1, 0.15) is 11.6 Å². The van der Waals surface area contributed by atoms with Crippen molar-refractivity contribution in [2.24, 2.45) is 23.7 Å². The monoisotopic (exact) mass is 922 g/mol. The molecule has 0 saturated heterocycles. The molecule has 4 heterocycles. The third-order valence-electron chi connectivity index (χ3n) is 14.3. The third kappa shape index (κ3) is 10.2. The van der Waals surface area contributed by atoms with E-state index in [1.165, 1.54) is 37.7 Å². The lowest BCUT2D eigenvalue weighted by molar-refractivity contribution is -0.143. The summed E-state index contributed by atoms with van der Waals surface area (Å²) >= 11 is 0. The summed E-state index contributed by atoms with van der Waals surface area (Å²) in [5.41, 5.74) is 11.4. The second kappa shape index (κ2) is 20.0. The normalized spacial score (nSPS) is 19.2. The van der Waals surface area contributed by atoms with Crippen LogP contribution in [0.15, 0.2) is 109 Å². The van der Waals surface area contributed by atoms with Gasteiger partial charge in [0, 0.05) is 36.1 Å². The van der Waals surface area contributed by atoms with Gasteiger partial charge < -0.3 is 29.2 Å². The van der Waals surface area contributed by atoms with E-state index < -0.39 is 35.4 Å². The maximum atomic E-state index is 14.3.